The van der Waals surface area contributed by atoms with Crippen LogP contribution in [0.25, 0.3) is 22.0 Å². The van der Waals surface area contributed by atoms with E-state index in [0.29, 0.717) is 25.9 Å². The van der Waals surface area contributed by atoms with Gasteiger partial charge in [0.1, 0.15) is 0 Å². The summed E-state index contributed by atoms with van der Waals surface area (Å²) in [6.45, 7) is 15.4. The van der Waals surface area contributed by atoms with Crippen LogP contribution in [0.1, 0.15) is 49.4 Å². The SMILES string of the molecule is C=CC(=O)N1CC2(CC(n3nc(N4CCN(C[C@@H]5COCCO5)CC45CCC5)c(-c4c(Cl)c(C)cc5[nH]ncc45)c3C)C2)C1. The third-order valence-electron chi connectivity index (χ3n) is 11.1. The van der Waals surface area contributed by atoms with E-state index in [1.54, 1.807) is 0 Å². The zero-order valence-electron chi connectivity index (χ0n) is 25.8. The number of halogens is 1. The molecule has 2 aliphatic carbocycles. The number of H-pyrrole nitrogens is 1. The molecule has 0 unspecified atom stereocenters. The second-order valence-electron chi connectivity index (χ2n) is 13.9. The fourth-order valence-electron chi connectivity index (χ4n) is 8.69. The van der Waals surface area contributed by atoms with Crippen molar-refractivity contribution >= 4 is 34.2 Å². The average molecular weight is 620 g/mol. The minimum absolute atomic E-state index is 0.0321. The van der Waals surface area contributed by atoms with E-state index in [1.165, 1.54) is 12.5 Å². The van der Waals surface area contributed by atoms with Crippen molar-refractivity contribution < 1.29 is 14.3 Å². The molecule has 10 nitrogen and oxygen atoms in total. The third-order valence-corrected chi connectivity index (χ3v) is 11.6. The zero-order valence-corrected chi connectivity index (χ0v) is 26.5. The molecule has 1 amide bonds. The molecular weight excluding hydrogens is 578 g/mol. The number of amides is 1. The standard InChI is InChI=1S/C33H42ClN7O3/c1-4-27(42)39-18-32(19-39)13-23(14-32)41-22(3)28(29-25-15-35-36-26(25)12-21(2)30(29)34)31(37-41)40-9-8-38(20-33(40)6-5-7-33)16-24-17-43-10-11-44-24/h4,12,15,23-24H,1,5-11,13-14,16-20H2,2-3H3,(H,35,36)/t24-/m1/s1. The highest BCUT2D eigenvalue weighted by atomic mass is 35.5. The van der Waals surface area contributed by atoms with E-state index in [9.17, 15) is 4.79 Å². The molecule has 8 rings (SSSR count). The predicted octanol–water partition coefficient (Wildman–Crippen LogP) is 4.51. The topological polar surface area (TPSA) is 91.8 Å². The van der Waals surface area contributed by atoms with Crippen LogP contribution in [0.15, 0.2) is 24.9 Å². The number of carbonyl (C=O) groups excluding carboxylic acids is 1. The van der Waals surface area contributed by atoms with Crippen molar-refractivity contribution in [1.29, 1.82) is 0 Å². The molecule has 5 fully saturated rings. The fourth-order valence-corrected chi connectivity index (χ4v) is 8.94. The van der Waals surface area contributed by atoms with Crippen molar-refractivity contribution in [3.63, 3.8) is 0 Å². The van der Waals surface area contributed by atoms with Crippen LogP contribution < -0.4 is 4.90 Å². The lowest BCUT2D eigenvalue weighted by molar-refractivity contribution is -0.149. The van der Waals surface area contributed by atoms with Gasteiger partial charge in [0.25, 0.3) is 0 Å². The molecule has 3 saturated heterocycles. The van der Waals surface area contributed by atoms with Crippen LogP contribution in [-0.4, -0.2) is 106 Å². The molecule has 0 radical (unpaired) electrons. The lowest BCUT2D eigenvalue weighted by atomic mass is 9.60. The Hall–Kier alpha value is -2.92. The van der Waals surface area contributed by atoms with Crippen LogP contribution in [0.5, 0.6) is 0 Å². The number of aryl methyl sites for hydroxylation is 1. The number of benzene rings is 1. The molecule has 1 N–H and O–H groups in total. The number of carbonyl (C=O) groups is 1. The Bertz CT molecular complexity index is 1610. The van der Waals surface area contributed by atoms with E-state index < -0.39 is 0 Å². The second-order valence-corrected chi connectivity index (χ2v) is 14.3. The fraction of sp³-hybridized carbons (Fsp3) is 0.606. The summed E-state index contributed by atoms with van der Waals surface area (Å²) in [6.07, 6.45) is 9.05. The van der Waals surface area contributed by atoms with Gasteiger partial charge in [-0.2, -0.15) is 10.2 Å². The summed E-state index contributed by atoms with van der Waals surface area (Å²) < 4.78 is 14.0. The molecule has 0 bridgehead atoms. The number of likely N-dealkylation sites (tertiary alicyclic amines) is 1. The summed E-state index contributed by atoms with van der Waals surface area (Å²) in [5, 5.41) is 14.9. The molecule has 234 valence electrons. The molecule has 2 saturated carbocycles. The number of nitrogens with zero attached hydrogens (tertiary/aromatic N) is 6. The van der Waals surface area contributed by atoms with Crippen molar-refractivity contribution in [3.05, 3.63) is 41.2 Å². The average Bonchev–Trinajstić information content (AvgIpc) is 3.56. The summed E-state index contributed by atoms with van der Waals surface area (Å²) in [4.78, 5) is 19.2. The molecule has 2 spiro atoms. The van der Waals surface area contributed by atoms with Crippen LogP contribution in [0.3, 0.4) is 0 Å². The minimum atomic E-state index is 0.0321. The van der Waals surface area contributed by atoms with E-state index in [-0.39, 0.29) is 23.0 Å². The summed E-state index contributed by atoms with van der Waals surface area (Å²) in [5.41, 5.74) is 5.57. The molecule has 3 aromatic rings. The largest absolute Gasteiger partial charge is 0.376 e. The number of hydrogen-bond acceptors (Lipinski definition) is 7. The maximum absolute atomic E-state index is 12.1. The first-order valence-corrected chi connectivity index (χ1v) is 16.5. The van der Waals surface area contributed by atoms with Gasteiger partial charge < -0.3 is 19.3 Å². The van der Waals surface area contributed by atoms with Gasteiger partial charge in [-0.25, -0.2) is 0 Å². The highest BCUT2D eigenvalue weighted by Crippen LogP contribution is 2.56. The summed E-state index contributed by atoms with van der Waals surface area (Å²) in [7, 11) is 0. The van der Waals surface area contributed by atoms with Gasteiger partial charge in [0.2, 0.25) is 5.91 Å². The van der Waals surface area contributed by atoms with Crippen LogP contribution in [0.2, 0.25) is 5.02 Å². The van der Waals surface area contributed by atoms with Crippen LogP contribution in [0, 0.1) is 19.3 Å². The van der Waals surface area contributed by atoms with Crippen molar-refractivity contribution in [3.8, 4) is 11.1 Å². The van der Waals surface area contributed by atoms with E-state index in [0.717, 1.165) is 109 Å². The zero-order chi connectivity index (χ0) is 30.2. The van der Waals surface area contributed by atoms with Crippen molar-refractivity contribution in [2.24, 2.45) is 5.41 Å². The number of ether oxygens (including phenoxy) is 2. The molecule has 1 aromatic carbocycles. The third kappa shape index (κ3) is 4.43. The van der Waals surface area contributed by atoms with Crippen molar-refractivity contribution in [2.75, 3.05) is 64.0 Å². The van der Waals surface area contributed by atoms with Crippen molar-refractivity contribution in [2.45, 2.75) is 63.6 Å². The van der Waals surface area contributed by atoms with E-state index in [1.807, 2.05) is 11.1 Å². The van der Waals surface area contributed by atoms with Gasteiger partial charge in [-0.05, 0) is 63.7 Å². The number of rotatable bonds is 6. The van der Waals surface area contributed by atoms with Crippen LogP contribution in [0.4, 0.5) is 5.82 Å². The van der Waals surface area contributed by atoms with E-state index >= 15 is 0 Å². The first-order chi connectivity index (χ1) is 21.3. The van der Waals surface area contributed by atoms with E-state index in [2.05, 4.69) is 51.2 Å². The molecule has 44 heavy (non-hydrogen) atoms. The number of fused-ring (bicyclic) bond motifs is 1. The number of aromatic amines is 1. The van der Waals surface area contributed by atoms with Gasteiger partial charge in [0.05, 0.1) is 54.2 Å². The molecule has 5 heterocycles. The van der Waals surface area contributed by atoms with Gasteiger partial charge in [-0.3, -0.25) is 19.5 Å². The number of piperazine rings is 1. The Morgan fingerprint density at radius 3 is 2.70 bits per heavy atom. The Balaban J connectivity index is 1.16. The maximum atomic E-state index is 12.1. The highest BCUT2D eigenvalue weighted by Gasteiger charge is 2.55. The number of nitrogens with one attached hydrogen (secondary N) is 1. The first kappa shape index (κ1) is 28.5. The number of aromatic nitrogens is 4. The Kier molecular flexibility index (Phi) is 6.86. The molecule has 11 heteroatoms. The maximum Gasteiger partial charge on any atom is 0.245 e. The van der Waals surface area contributed by atoms with Crippen LogP contribution >= 0.6 is 11.6 Å². The Labute approximate surface area is 263 Å². The number of anilines is 1. The second kappa shape index (κ2) is 10.6. The molecular formula is C33H42ClN7O3. The van der Waals surface area contributed by atoms with Crippen LogP contribution in [-0.2, 0) is 14.3 Å². The molecule has 5 aliphatic rings. The lowest BCUT2D eigenvalue weighted by Gasteiger charge is -2.59. The quantitative estimate of drug-likeness (QED) is 0.406. The smallest absolute Gasteiger partial charge is 0.245 e. The van der Waals surface area contributed by atoms with Gasteiger partial charge in [0.15, 0.2) is 5.82 Å². The Morgan fingerprint density at radius 2 is 2.00 bits per heavy atom. The normalized spacial score (nSPS) is 24.8. The highest BCUT2D eigenvalue weighted by molar-refractivity contribution is 6.36. The van der Waals surface area contributed by atoms with E-state index in [4.69, 9.17) is 26.2 Å². The van der Waals surface area contributed by atoms with Gasteiger partial charge in [-0.15, -0.1) is 0 Å². The lowest BCUT2D eigenvalue weighted by Crippen LogP contribution is -2.67. The minimum Gasteiger partial charge on any atom is -0.376 e. The van der Waals surface area contributed by atoms with Gasteiger partial charge >= 0.3 is 0 Å². The predicted molar refractivity (Wildman–Crippen MR) is 170 cm³/mol. The van der Waals surface area contributed by atoms with Gasteiger partial charge in [-0.1, -0.05) is 18.2 Å². The monoisotopic (exact) mass is 619 g/mol. The Morgan fingerprint density at radius 1 is 1.18 bits per heavy atom. The number of hydrogen-bond donors (Lipinski definition) is 1. The van der Waals surface area contributed by atoms with Crippen molar-refractivity contribution in [1.82, 2.24) is 29.8 Å². The van der Waals surface area contributed by atoms with Gasteiger partial charge in [0, 0.05) is 66.9 Å². The summed E-state index contributed by atoms with van der Waals surface area (Å²) in [5.74, 6) is 1.08. The summed E-state index contributed by atoms with van der Waals surface area (Å²) >= 11 is 7.19. The molecule has 2 aromatic heterocycles. The summed E-state index contributed by atoms with van der Waals surface area (Å²) in [6, 6.07) is 2.38. The first-order valence-electron chi connectivity index (χ1n) is 16.1. The molecule has 1 atom stereocenters. The molecule has 3 aliphatic heterocycles.